The molecule has 4 heteroatoms. The molecule has 4 nitrogen and oxygen atoms in total. The fraction of sp³-hybridized carbons (Fsp3) is 0.429. The molecule has 0 unspecified atom stereocenters. The fourth-order valence-corrected chi connectivity index (χ4v) is 1.77. The zero-order chi connectivity index (χ0) is 13.5. The molecule has 0 aromatic heterocycles. The summed E-state index contributed by atoms with van der Waals surface area (Å²) in [5, 5.41) is 0. The minimum atomic E-state index is -0.0693. The smallest absolute Gasteiger partial charge is 0.260 e. The number of carbonyl (C=O) groups is 2. The van der Waals surface area contributed by atoms with Crippen molar-refractivity contribution in [2.75, 3.05) is 19.7 Å². The second kappa shape index (κ2) is 6.79. The van der Waals surface area contributed by atoms with Gasteiger partial charge in [0.1, 0.15) is 5.75 Å². The predicted molar refractivity (Wildman–Crippen MR) is 70.0 cm³/mol. The molecule has 0 aliphatic carbocycles. The summed E-state index contributed by atoms with van der Waals surface area (Å²) >= 11 is 0. The lowest BCUT2D eigenvalue weighted by Gasteiger charge is -2.19. The summed E-state index contributed by atoms with van der Waals surface area (Å²) < 4.78 is 5.48. The first-order valence-corrected chi connectivity index (χ1v) is 6.09. The minimum Gasteiger partial charge on any atom is -0.483 e. The summed E-state index contributed by atoms with van der Waals surface area (Å²) in [7, 11) is 0. The van der Waals surface area contributed by atoms with Gasteiger partial charge in [0.05, 0.1) is 5.56 Å². The summed E-state index contributed by atoms with van der Waals surface area (Å²) in [5.74, 6) is 0.424. The Labute approximate surface area is 108 Å². The van der Waals surface area contributed by atoms with Crippen molar-refractivity contribution in [3.05, 3.63) is 29.3 Å². The third kappa shape index (κ3) is 3.32. The Kier molecular flexibility index (Phi) is 5.36. The summed E-state index contributed by atoms with van der Waals surface area (Å²) in [6, 6.07) is 5.32. The highest BCUT2D eigenvalue weighted by atomic mass is 16.5. The van der Waals surface area contributed by atoms with Gasteiger partial charge in [0, 0.05) is 13.1 Å². The maximum atomic E-state index is 11.8. The van der Waals surface area contributed by atoms with Crippen molar-refractivity contribution in [2.45, 2.75) is 20.8 Å². The Morgan fingerprint density at radius 2 is 2.00 bits per heavy atom. The molecule has 0 atom stereocenters. The van der Waals surface area contributed by atoms with Crippen molar-refractivity contribution in [3.63, 3.8) is 0 Å². The molecule has 1 rings (SSSR count). The molecule has 0 aliphatic heterocycles. The molecule has 0 heterocycles. The van der Waals surface area contributed by atoms with Gasteiger partial charge in [0.25, 0.3) is 5.91 Å². The van der Waals surface area contributed by atoms with E-state index in [2.05, 4.69) is 0 Å². The third-order valence-electron chi connectivity index (χ3n) is 2.83. The molecule has 18 heavy (non-hydrogen) atoms. The number of nitrogens with zero attached hydrogens (tertiary/aromatic N) is 1. The number of carbonyl (C=O) groups excluding carboxylic acids is 2. The second-order valence-corrected chi connectivity index (χ2v) is 3.97. The Bertz CT molecular complexity index is 425. The number of hydrogen-bond acceptors (Lipinski definition) is 3. The van der Waals surface area contributed by atoms with Crippen molar-refractivity contribution in [2.24, 2.45) is 0 Å². The highest BCUT2D eigenvalue weighted by Gasteiger charge is 2.12. The lowest BCUT2D eigenvalue weighted by Crippen LogP contribution is -2.34. The molecule has 0 saturated heterocycles. The Morgan fingerprint density at radius 1 is 1.33 bits per heavy atom. The molecule has 1 aromatic rings. The minimum absolute atomic E-state index is 0.0344. The Hall–Kier alpha value is -1.84. The summed E-state index contributed by atoms with van der Waals surface area (Å²) in [6.45, 7) is 6.98. The zero-order valence-corrected chi connectivity index (χ0v) is 11.1. The van der Waals surface area contributed by atoms with Crippen LogP contribution in [0.15, 0.2) is 18.2 Å². The first-order chi connectivity index (χ1) is 8.63. The molecule has 0 aliphatic rings. The first-order valence-electron chi connectivity index (χ1n) is 6.09. The number of para-hydroxylation sites is 1. The van der Waals surface area contributed by atoms with Crippen LogP contribution in [0, 0.1) is 6.92 Å². The van der Waals surface area contributed by atoms with E-state index in [-0.39, 0.29) is 12.5 Å². The zero-order valence-electron chi connectivity index (χ0n) is 11.1. The molecule has 0 fully saturated rings. The molecular formula is C14H19NO3. The number of hydrogen-bond donors (Lipinski definition) is 0. The number of benzene rings is 1. The van der Waals surface area contributed by atoms with Crippen LogP contribution in [0.4, 0.5) is 0 Å². The number of likely N-dealkylation sites (N-methyl/N-ethyl adjacent to an activating group) is 1. The van der Waals surface area contributed by atoms with E-state index >= 15 is 0 Å². The maximum Gasteiger partial charge on any atom is 0.260 e. The fourth-order valence-electron chi connectivity index (χ4n) is 1.77. The number of amides is 1. The molecule has 0 N–H and O–H groups in total. The number of aldehydes is 1. The molecule has 98 valence electrons. The van der Waals surface area contributed by atoms with Crippen LogP contribution < -0.4 is 4.74 Å². The van der Waals surface area contributed by atoms with Crippen LogP contribution in [0.3, 0.4) is 0 Å². The van der Waals surface area contributed by atoms with Gasteiger partial charge < -0.3 is 9.64 Å². The van der Waals surface area contributed by atoms with E-state index in [1.807, 2.05) is 26.8 Å². The largest absolute Gasteiger partial charge is 0.483 e. The lowest BCUT2D eigenvalue weighted by molar-refractivity contribution is -0.132. The normalized spacial score (nSPS) is 9.94. The average Bonchev–Trinajstić information content (AvgIpc) is 2.38. The van der Waals surface area contributed by atoms with Crippen LogP contribution in [0.2, 0.25) is 0 Å². The van der Waals surface area contributed by atoms with E-state index in [1.54, 1.807) is 17.0 Å². The molecule has 0 radical (unpaired) electrons. The van der Waals surface area contributed by atoms with Crippen LogP contribution in [0.5, 0.6) is 5.75 Å². The van der Waals surface area contributed by atoms with Crippen molar-refractivity contribution < 1.29 is 14.3 Å². The summed E-state index contributed by atoms with van der Waals surface area (Å²) in [4.78, 5) is 24.4. The molecule has 0 spiro atoms. The van der Waals surface area contributed by atoms with E-state index in [1.165, 1.54) is 0 Å². The lowest BCUT2D eigenvalue weighted by atomic mass is 10.1. The summed E-state index contributed by atoms with van der Waals surface area (Å²) in [5.41, 5.74) is 1.33. The third-order valence-corrected chi connectivity index (χ3v) is 2.83. The first kappa shape index (κ1) is 14.2. The van der Waals surface area contributed by atoms with Crippen LogP contribution >= 0.6 is 0 Å². The van der Waals surface area contributed by atoms with Crippen molar-refractivity contribution >= 4 is 12.2 Å². The molecule has 1 aromatic carbocycles. The quantitative estimate of drug-likeness (QED) is 0.725. The number of aryl methyl sites for hydroxylation is 1. The van der Waals surface area contributed by atoms with E-state index < -0.39 is 0 Å². The van der Waals surface area contributed by atoms with E-state index in [4.69, 9.17) is 4.74 Å². The summed E-state index contributed by atoms with van der Waals surface area (Å²) in [6.07, 6.45) is 0.740. The van der Waals surface area contributed by atoms with Gasteiger partial charge in [-0.3, -0.25) is 9.59 Å². The van der Waals surface area contributed by atoms with Gasteiger partial charge in [0.2, 0.25) is 0 Å². The number of ether oxygens (including phenoxy) is 1. The van der Waals surface area contributed by atoms with Crippen molar-refractivity contribution in [1.29, 1.82) is 0 Å². The van der Waals surface area contributed by atoms with Gasteiger partial charge >= 0.3 is 0 Å². The van der Waals surface area contributed by atoms with Gasteiger partial charge in [-0.2, -0.15) is 0 Å². The van der Waals surface area contributed by atoms with Crippen molar-refractivity contribution in [3.8, 4) is 5.75 Å². The van der Waals surface area contributed by atoms with E-state index in [9.17, 15) is 9.59 Å². The van der Waals surface area contributed by atoms with E-state index in [0.717, 1.165) is 11.8 Å². The standard InChI is InChI=1S/C14H19NO3/c1-4-15(5-2)13(17)10-18-14-11(3)7-6-8-12(14)9-16/h6-9H,4-5,10H2,1-3H3. The maximum absolute atomic E-state index is 11.8. The monoisotopic (exact) mass is 249 g/mol. The SMILES string of the molecule is CCN(CC)C(=O)COc1c(C)cccc1C=O. The Morgan fingerprint density at radius 3 is 2.56 bits per heavy atom. The van der Waals surface area contributed by atoms with E-state index in [0.29, 0.717) is 24.4 Å². The predicted octanol–water partition coefficient (Wildman–Crippen LogP) is 2.05. The van der Waals surface area contributed by atoms with Crippen LogP contribution in [0.1, 0.15) is 29.8 Å². The highest BCUT2D eigenvalue weighted by molar-refractivity contribution is 5.81. The van der Waals surface area contributed by atoms with Gasteiger partial charge in [-0.15, -0.1) is 0 Å². The van der Waals surface area contributed by atoms with Crippen molar-refractivity contribution in [1.82, 2.24) is 4.90 Å². The van der Waals surface area contributed by atoms with Crippen LogP contribution in [-0.2, 0) is 4.79 Å². The second-order valence-electron chi connectivity index (χ2n) is 3.97. The average molecular weight is 249 g/mol. The Balaban J connectivity index is 2.74. The molecule has 0 bridgehead atoms. The van der Waals surface area contributed by atoms with Gasteiger partial charge in [0.15, 0.2) is 12.9 Å². The topological polar surface area (TPSA) is 46.6 Å². The molecule has 0 saturated carbocycles. The van der Waals surface area contributed by atoms with Gasteiger partial charge in [-0.05, 0) is 32.4 Å². The van der Waals surface area contributed by atoms with Gasteiger partial charge in [-0.1, -0.05) is 12.1 Å². The van der Waals surface area contributed by atoms with Crippen LogP contribution in [0.25, 0.3) is 0 Å². The highest BCUT2D eigenvalue weighted by Crippen LogP contribution is 2.21. The molecular weight excluding hydrogens is 230 g/mol. The molecule has 1 amide bonds. The van der Waals surface area contributed by atoms with Crippen LogP contribution in [-0.4, -0.2) is 36.8 Å². The van der Waals surface area contributed by atoms with Gasteiger partial charge in [-0.25, -0.2) is 0 Å². The number of rotatable bonds is 6.